The molecule has 7 nitrogen and oxygen atoms in total. The van der Waals surface area contributed by atoms with Gasteiger partial charge in [0.15, 0.2) is 5.82 Å². The van der Waals surface area contributed by atoms with Crippen molar-refractivity contribution in [2.75, 3.05) is 19.0 Å². The van der Waals surface area contributed by atoms with E-state index in [0.717, 1.165) is 11.5 Å². The van der Waals surface area contributed by atoms with E-state index >= 15 is 0 Å². The standard InChI is InChI=1S/C13H12Cl2N6OS/c1-22-3-2-11-19-13(23-20-11)18-9-6-17-21(7-9)12-10(15)4-8(14)5-16-12/h4-7H,2-3H2,1H3,(H,18,19,20). The molecule has 3 aromatic heterocycles. The molecule has 3 aromatic rings. The van der Waals surface area contributed by atoms with Crippen molar-refractivity contribution in [1.29, 1.82) is 0 Å². The molecule has 0 aliphatic carbocycles. The SMILES string of the molecule is COCCc1nsc(Nc2cnn(-c3ncc(Cl)cc3Cl)c2)n1. The lowest BCUT2D eigenvalue weighted by Gasteiger charge is -2.02. The van der Waals surface area contributed by atoms with Gasteiger partial charge in [0, 0.05) is 31.3 Å². The first-order valence-electron chi connectivity index (χ1n) is 6.60. The fourth-order valence-electron chi connectivity index (χ4n) is 1.80. The molecule has 10 heteroatoms. The zero-order chi connectivity index (χ0) is 16.2. The largest absolute Gasteiger partial charge is 0.384 e. The number of methoxy groups -OCH3 is 1. The van der Waals surface area contributed by atoms with Crippen LogP contribution in [-0.2, 0) is 11.2 Å². The maximum absolute atomic E-state index is 6.13. The quantitative estimate of drug-likeness (QED) is 0.716. The van der Waals surface area contributed by atoms with E-state index in [9.17, 15) is 0 Å². The lowest BCUT2D eigenvalue weighted by atomic mass is 10.4. The summed E-state index contributed by atoms with van der Waals surface area (Å²) in [6.45, 7) is 0.592. The van der Waals surface area contributed by atoms with Crippen LogP contribution in [0.3, 0.4) is 0 Å². The third-order valence-corrected chi connectivity index (χ3v) is 3.99. The van der Waals surface area contributed by atoms with Gasteiger partial charge in [0.2, 0.25) is 5.13 Å². The summed E-state index contributed by atoms with van der Waals surface area (Å²) < 4.78 is 10.8. The lowest BCUT2D eigenvalue weighted by Crippen LogP contribution is -1.98. The average Bonchev–Trinajstić information content (AvgIpc) is 3.15. The molecule has 0 atom stereocenters. The number of nitrogens with zero attached hydrogens (tertiary/aromatic N) is 5. The monoisotopic (exact) mass is 370 g/mol. The third kappa shape index (κ3) is 3.97. The molecule has 120 valence electrons. The molecule has 0 aliphatic rings. The molecule has 0 fully saturated rings. The van der Waals surface area contributed by atoms with E-state index in [4.69, 9.17) is 27.9 Å². The van der Waals surface area contributed by atoms with Crippen LogP contribution in [0.2, 0.25) is 10.0 Å². The minimum atomic E-state index is 0.421. The molecule has 1 N–H and O–H groups in total. The average molecular weight is 371 g/mol. The summed E-state index contributed by atoms with van der Waals surface area (Å²) in [6, 6.07) is 1.62. The zero-order valence-electron chi connectivity index (χ0n) is 12.0. The first kappa shape index (κ1) is 16.1. The Morgan fingerprint density at radius 2 is 2.22 bits per heavy atom. The van der Waals surface area contributed by atoms with E-state index in [1.165, 1.54) is 17.7 Å². The predicted molar refractivity (Wildman–Crippen MR) is 90.2 cm³/mol. The van der Waals surface area contributed by atoms with Gasteiger partial charge in [-0.05, 0) is 6.07 Å². The number of pyridine rings is 1. The number of anilines is 2. The molecule has 0 unspecified atom stereocenters. The summed E-state index contributed by atoms with van der Waals surface area (Å²) in [6.07, 6.45) is 5.61. The second-order valence-corrected chi connectivity index (χ2v) is 6.11. The molecule has 0 spiro atoms. The maximum atomic E-state index is 6.13. The van der Waals surface area contributed by atoms with E-state index in [1.54, 1.807) is 30.3 Å². The minimum absolute atomic E-state index is 0.421. The fraction of sp³-hybridized carbons (Fsp3) is 0.231. The van der Waals surface area contributed by atoms with Crippen molar-refractivity contribution < 1.29 is 4.74 Å². The predicted octanol–water partition coefficient (Wildman–Crippen LogP) is 3.36. The molecular weight excluding hydrogens is 359 g/mol. The highest BCUT2D eigenvalue weighted by atomic mass is 35.5. The first-order valence-corrected chi connectivity index (χ1v) is 8.13. The number of aromatic nitrogens is 5. The van der Waals surface area contributed by atoms with Crippen molar-refractivity contribution in [3.63, 3.8) is 0 Å². The lowest BCUT2D eigenvalue weighted by molar-refractivity contribution is 0.201. The number of rotatable bonds is 6. The van der Waals surface area contributed by atoms with Crippen molar-refractivity contribution in [1.82, 2.24) is 24.1 Å². The molecule has 0 saturated carbocycles. The Kier molecular flexibility index (Phi) is 5.06. The smallest absolute Gasteiger partial charge is 0.207 e. The van der Waals surface area contributed by atoms with Crippen LogP contribution >= 0.6 is 34.7 Å². The van der Waals surface area contributed by atoms with Crippen molar-refractivity contribution in [3.8, 4) is 5.82 Å². The summed E-state index contributed by atoms with van der Waals surface area (Å²) in [7, 11) is 1.65. The van der Waals surface area contributed by atoms with Crippen LogP contribution in [0.4, 0.5) is 10.8 Å². The minimum Gasteiger partial charge on any atom is -0.384 e. The topological polar surface area (TPSA) is 77.8 Å². The normalized spacial score (nSPS) is 10.9. The van der Waals surface area contributed by atoms with Crippen molar-refractivity contribution in [2.45, 2.75) is 6.42 Å². The van der Waals surface area contributed by atoms with Gasteiger partial charge in [0.1, 0.15) is 5.82 Å². The summed E-state index contributed by atoms with van der Waals surface area (Å²) in [4.78, 5) is 8.55. The van der Waals surface area contributed by atoms with E-state index in [2.05, 4.69) is 24.8 Å². The molecule has 0 amide bonds. The van der Waals surface area contributed by atoms with E-state index in [-0.39, 0.29) is 0 Å². The summed E-state index contributed by atoms with van der Waals surface area (Å²) in [5.41, 5.74) is 0.757. The Labute approximate surface area is 146 Å². The molecule has 3 heterocycles. The molecule has 0 bridgehead atoms. The van der Waals surface area contributed by atoms with Crippen molar-refractivity contribution in [2.24, 2.45) is 0 Å². The molecule has 0 aromatic carbocycles. The Bertz CT molecular complexity index is 805. The fourth-order valence-corrected chi connectivity index (χ4v) is 2.90. The Hall–Kier alpha value is -1.74. The van der Waals surface area contributed by atoms with Gasteiger partial charge in [0.05, 0.1) is 34.7 Å². The Morgan fingerprint density at radius 3 is 3.00 bits per heavy atom. The van der Waals surface area contributed by atoms with Crippen LogP contribution in [0.15, 0.2) is 24.7 Å². The van der Waals surface area contributed by atoms with Crippen molar-refractivity contribution in [3.05, 3.63) is 40.5 Å². The van der Waals surface area contributed by atoms with Gasteiger partial charge in [-0.3, -0.25) is 0 Å². The van der Waals surface area contributed by atoms with E-state index < -0.39 is 0 Å². The number of hydrogen-bond acceptors (Lipinski definition) is 7. The molecule has 0 radical (unpaired) electrons. The number of nitrogens with one attached hydrogen (secondary N) is 1. The first-order chi connectivity index (χ1) is 11.2. The maximum Gasteiger partial charge on any atom is 0.207 e. The highest BCUT2D eigenvalue weighted by Crippen LogP contribution is 2.23. The van der Waals surface area contributed by atoms with Crippen LogP contribution in [0.25, 0.3) is 5.82 Å². The number of ether oxygens (including phenoxy) is 1. The van der Waals surface area contributed by atoms with Gasteiger partial charge in [-0.15, -0.1) is 0 Å². The second kappa shape index (κ2) is 7.22. The second-order valence-electron chi connectivity index (χ2n) is 4.52. The third-order valence-electron chi connectivity index (χ3n) is 2.84. The number of hydrogen-bond donors (Lipinski definition) is 1. The van der Waals surface area contributed by atoms with E-state index in [1.807, 2.05) is 0 Å². The highest BCUT2D eigenvalue weighted by Gasteiger charge is 2.09. The summed E-state index contributed by atoms with van der Waals surface area (Å²) >= 11 is 13.2. The van der Waals surface area contributed by atoms with Gasteiger partial charge in [-0.25, -0.2) is 14.6 Å². The van der Waals surface area contributed by atoms with Crippen LogP contribution in [0, 0.1) is 0 Å². The molecular formula is C13H12Cl2N6OS. The van der Waals surface area contributed by atoms with Crippen LogP contribution in [0.5, 0.6) is 0 Å². The van der Waals surface area contributed by atoms with Gasteiger partial charge in [-0.2, -0.15) is 9.47 Å². The Morgan fingerprint density at radius 1 is 1.35 bits per heavy atom. The summed E-state index contributed by atoms with van der Waals surface area (Å²) in [5.74, 6) is 1.25. The van der Waals surface area contributed by atoms with E-state index in [0.29, 0.717) is 34.0 Å². The van der Waals surface area contributed by atoms with Crippen LogP contribution in [-0.4, -0.2) is 37.8 Å². The van der Waals surface area contributed by atoms with Gasteiger partial charge >= 0.3 is 0 Å². The van der Waals surface area contributed by atoms with Crippen molar-refractivity contribution >= 4 is 45.6 Å². The zero-order valence-corrected chi connectivity index (χ0v) is 14.4. The molecule has 0 aliphatic heterocycles. The molecule has 3 rings (SSSR count). The summed E-state index contributed by atoms with van der Waals surface area (Å²) in [5, 5.41) is 8.96. The Balaban J connectivity index is 1.73. The van der Waals surface area contributed by atoms with Crippen LogP contribution in [0.1, 0.15) is 5.82 Å². The molecule has 23 heavy (non-hydrogen) atoms. The highest BCUT2D eigenvalue weighted by molar-refractivity contribution is 7.09. The van der Waals surface area contributed by atoms with Gasteiger partial charge in [0.25, 0.3) is 0 Å². The number of halogens is 2. The van der Waals surface area contributed by atoms with Crippen LogP contribution < -0.4 is 5.32 Å². The molecule has 0 saturated heterocycles. The van der Waals surface area contributed by atoms with Gasteiger partial charge in [-0.1, -0.05) is 23.2 Å². The van der Waals surface area contributed by atoms with Gasteiger partial charge < -0.3 is 10.1 Å².